The van der Waals surface area contributed by atoms with Gasteiger partial charge in [0, 0.05) is 23.2 Å². The van der Waals surface area contributed by atoms with Gasteiger partial charge in [0.2, 0.25) is 0 Å². The maximum absolute atomic E-state index is 12.5. The second-order valence-corrected chi connectivity index (χ2v) is 6.54. The van der Waals surface area contributed by atoms with Gasteiger partial charge in [0.05, 0.1) is 23.6 Å². The number of nitrogens with zero attached hydrogens (tertiary/aromatic N) is 3. The number of nitrogens with one attached hydrogen (secondary N) is 2. The van der Waals surface area contributed by atoms with Gasteiger partial charge in [-0.3, -0.25) is 9.78 Å². The van der Waals surface area contributed by atoms with E-state index in [4.69, 9.17) is 11.6 Å². The van der Waals surface area contributed by atoms with E-state index in [0.717, 1.165) is 16.5 Å². The third-order valence-electron chi connectivity index (χ3n) is 4.15. The molecule has 138 valence electrons. The lowest BCUT2D eigenvalue weighted by Crippen LogP contribution is -2.15. The minimum atomic E-state index is -0.338. The van der Waals surface area contributed by atoms with E-state index >= 15 is 0 Å². The van der Waals surface area contributed by atoms with E-state index in [1.54, 1.807) is 6.20 Å². The highest BCUT2D eigenvalue weighted by Gasteiger charge is 2.11. The predicted octanol–water partition coefficient (Wildman–Crippen LogP) is 4.54. The highest BCUT2D eigenvalue weighted by molar-refractivity contribution is 6.30. The molecule has 28 heavy (non-hydrogen) atoms. The molecule has 7 heteroatoms. The van der Waals surface area contributed by atoms with Gasteiger partial charge in [-0.15, -0.1) is 0 Å². The van der Waals surface area contributed by atoms with Gasteiger partial charge < -0.3 is 10.6 Å². The molecule has 0 aliphatic rings. The summed E-state index contributed by atoms with van der Waals surface area (Å²) in [5.74, 6) is 0.244. The lowest BCUT2D eigenvalue weighted by atomic mass is 10.2. The molecule has 0 fully saturated rings. The molecule has 0 unspecified atom stereocenters. The zero-order valence-electron chi connectivity index (χ0n) is 14.8. The van der Waals surface area contributed by atoms with Crippen molar-refractivity contribution in [3.8, 4) is 0 Å². The monoisotopic (exact) mass is 389 g/mol. The summed E-state index contributed by atoms with van der Waals surface area (Å²) in [7, 11) is 0. The summed E-state index contributed by atoms with van der Waals surface area (Å²) in [6, 6.07) is 17.0. The average Bonchev–Trinajstić information content (AvgIpc) is 2.74. The van der Waals surface area contributed by atoms with E-state index in [9.17, 15) is 4.79 Å². The molecular formula is C21H16ClN5O. The number of hydrogen-bond acceptors (Lipinski definition) is 5. The number of halogens is 1. The lowest BCUT2D eigenvalue weighted by molar-refractivity contribution is 0.102. The van der Waals surface area contributed by atoms with Gasteiger partial charge in [0.25, 0.3) is 5.91 Å². The van der Waals surface area contributed by atoms with Crippen LogP contribution in [0.1, 0.15) is 16.1 Å². The van der Waals surface area contributed by atoms with Gasteiger partial charge in [0.1, 0.15) is 11.5 Å². The van der Waals surface area contributed by atoms with Crippen LogP contribution in [0, 0.1) is 0 Å². The zero-order valence-corrected chi connectivity index (χ0v) is 15.5. The van der Waals surface area contributed by atoms with Crippen LogP contribution in [0.4, 0.5) is 11.5 Å². The summed E-state index contributed by atoms with van der Waals surface area (Å²) in [6.07, 6.45) is 4.67. The van der Waals surface area contributed by atoms with Gasteiger partial charge in [-0.1, -0.05) is 41.9 Å². The van der Waals surface area contributed by atoms with Crippen molar-refractivity contribution in [2.75, 3.05) is 10.6 Å². The molecule has 4 aromatic rings. The molecule has 0 spiro atoms. The van der Waals surface area contributed by atoms with Crippen molar-refractivity contribution in [1.29, 1.82) is 0 Å². The van der Waals surface area contributed by atoms with E-state index in [-0.39, 0.29) is 11.6 Å². The maximum Gasteiger partial charge on any atom is 0.275 e. The van der Waals surface area contributed by atoms with Gasteiger partial charge in [-0.2, -0.15) is 0 Å². The molecule has 2 N–H and O–H groups in total. The van der Waals surface area contributed by atoms with Crippen LogP contribution in [0.25, 0.3) is 10.9 Å². The number of pyridine rings is 1. The van der Waals surface area contributed by atoms with Crippen molar-refractivity contribution in [3.05, 3.63) is 89.5 Å². The molecule has 2 aromatic carbocycles. The number of hydrogen-bond donors (Lipinski definition) is 2. The molecule has 0 atom stereocenters. The predicted molar refractivity (Wildman–Crippen MR) is 111 cm³/mol. The fourth-order valence-corrected chi connectivity index (χ4v) is 2.85. The second-order valence-electron chi connectivity index (χ2n) is 6.10. The minimum Gasteiger partial charge on any atom is -0.365 e. The van der Waals surface area contributed by atoms with Crippen molar-refractivity contribution in [1.82, 2.24) is 15.0 Å². The number of rotatable bonds is 5. The smallest absolute Gasteiger partial charge is 0.275 e. The number of aromatic nitrogens is 3. The summed E-state index contributed by atoms with van der Waals surface area (Å²) in [5.41, 5.74) is 2.66. The highest BCUT2D eigenvalue weighted by Crippen LogP contribution is 2.21. The molecule has 0 saturated carbocycles. The number of benzene rings is 2. The standard InChI is InChI=1S/C21H16ClN5O/c22-16-8-6-14(7-9-16)11-25-19-13-24-18(12-26-19)21(28)27-17-5-1-3-15-4-2-10-23-20(15)17/h1-10,12-13H,11H2,(H,25,26)(H,27,28). The minimum absolute atomic E-state index is 0.227. The van der Waals surface area contributed by atoms with Crippen molar-refractivity contribution < 1.29 is 4.79 Å². The topological polar surface area (TPSA) is 79.8 Å². The maximum atomic E-state index is 12.5. The summed E-state index contributed by atoms with van der Waals surface area (Å²) >= 11 is 5.88. The van der Waals surface area contributed by atoms with Crippen LogP contribution in [0.5, 0.6) is 0 Å². The molecule has 0 radical (unpaired) electrons. The second kappa shape index (κ2) is 8.02. The molecule has 2 heterocycles. The number of anilines is 2. The molecule has 0 bridgehead atoms. The van der Waals surface area contributed by atoms with E-state index in [2.05, 4.69) is 25.6 Å². The molecule has 2 aromatic heterocycles. The molecule has 0 aliphatic carbocycles. The number of carbonyl (C=O) groups is 1. The zero-order chi connectivity index (χ0) is 19.3. The SMILES string of the molecule is O=C(Nc1cccc2cccnc12)c1cnc(NCc2ccc(Cl)cc2)cn1. The van der Waals surface area contributed by atoms with E-state index in [1.807, 2.05) is 54.6 Å². The Morgan fingerprint density at radius 2 is 1.75 bits per heavy atom. The van der Waals surface area contributed by atoms with Crippen LogP contribution in [0.2, 0.25) is 5.02 Å². The highest BCUT2D eigenvalue weighted by atomic mass is 35.5. The Hall–Kier alpha value is -3.51. The Balaban J connectivity index is 1.43. The van der Waals surface area contributed by atoms with Gasteiger partial charge in [-0.25, -0.2) is 9.97 Å². The summed E-state index contributed by atoms with van der Waals surface area (Å²) in [4.78, 5) is 25.3. The normalized spacial score (nSPS) is 10.6. The van der Waals surface area contributed by atoms with Crippen molar-refractivity contribution in [2.24, 2.45) is 0 Å². The average molecular weight is 390 g/mol. The Kier molecular flexibility index (Phi) is 5.12. The summed E-state index contributed by atoms with van der Waals surface area (Å²) in [6.45, 7) is 0.582. The molecule has 6 nitrogen and oxygen atoms in total. The summed E-state index contributed by atoms with van der Waals surface area (Å²) in [5, 5.41) is 7.66. The number of para-hydroxylation sites is 1. The van der Waals surface area contributed by atoms with Gasteiger partial charge in [-0.05, 0) is 29.8 Å². The van der Waals surface area contributed by atoms with Crippen molar-refractivity contribution >= 4 is 39.9 Å². The van der Waals surface area contributed by atoms with E-state index in [1.165, 1.54) is 12.4 Å². The van der Waals surface area contributed by atoms with Gasteiger partial charge >= 0.3 is 0 Å². The lowest BCUT2D eigenvalue weighted by Gasteiger charge is -2.08. The Morgan fingerprint density at radius 3 is 2.54 bits per heavy atom. The number of amides is 1. The van der Waals surface area contributed by atoms with Crippen LogP contribution in [-0.2, 0) is 6.54 Å². The number of carbonyl (C=O) groups excluding carboxylic acids is 1. The van der Waals surface area contributed by atoms with Crippen molar-refractivity contribution in [3.63, 3.8) is 0 Å². The molecule has 0 saturated heterocycles. The first kappa shape index (κ1) is 17.9. The van der Waals surface area contributed by atoms with E-state index < -0.39 is 0 Å². The van der Waals surface area contributed by atoms with Crippen LogP contribution >= 0.6 is 11.6 Å². The van der Waals surface area contributed by atoms with Crippen molar-refractivity contribution in [2.45, 2.75) is 6.54 Å². The Morgan fingerprint density at radius 1 is 0.929 bits per heavy atom. The first-order valence-corrected chi connectivity index (χ1v) is 9.02. The van der Waals surface area contributed by atoms with E-state index in [0.29, 0.717) is 23.1 Å². The quantitative estimate of drug-likeness (QED) is 0.523. The summed E-state index contributed by atoms with van der Waals surface area (Å²) < 4.78 is 0. The third-order valence-corrected chi connectivity index (χ3v) is 4.40. The Labute approximate surface area is 166 Å². The van der Waals surface area contributed by atoms with Crippen LogP contribution in [0.3, 0.4) is 0 Å². The number of fused-ring (bicyclic) bond motifs is 1. The van der Waals surface area contributed by atoms with Crippen LogP contribution in [-0.4, -0.2) is 20.9 Å². The first-order valence-electron chi connectivity index (χ1n) is 8.64. The largest absolute Gasteiger partial charge is 0.365 e. The Bertz CT molecular complexity index is 1110. The fourth-order valence-electron chi connectivity index (χ4n) is 2.72. The molecule has 4 rings (SSSR count). The third kappa shape index (κ3) is 4.07. The van der Waals surface area contributed by atoms with Crippen LogP contribution < -0.4 is 10.6 Å². The fraction of sp³-hybridized carbons (Fsp3) is 0.0476. The first-order chi connectivity index (χ1) is 13.7. The van der Waals surface area contributed by atoms with Gasteiger partial charge in [0.15, 0.2) is 0 Å². The molecular weight excluding hydrogens is 374 g/mol. The van der Waals surface area contributed by atoms with Crippen LogP contribution in [0.15, 0.2) is 73.2 Å². The molecule has 0 aliphatic heterocycles. The molecule has 1 amide bonds.